The van der Waals surface area contributed by atoms with Crippen molar-refractivity contribution < 1.29 is 4.39 Å². The highest BCUT2D eigenvalue weighted by molar-refractivity contribution is 5.50. The van der Waals surface area contributed by atoms with Gasteiger partial charge in [-0.2, -0.15) is 0 Å². The molecule has 2 aliphatic rings. The third-order valence-electron chi connectivity index (χ3n) is 6.47. The van der Waals surface area contributed by atoms with Gasteiger partial charge in [0.05, 0.1) is 0 Å². The lowest BCUT2D eigenvalue weighted by molar-refractivity contribution is 0.0464. The maximum Gasteiger partial charge on any atom is 0.131 e. The summed E-state index contributed by atoms with van der Waals surface area (Å²) in [6.07, 6.45) is 6.54. The van der Waals surface area contributed by atoms with Crippen LogP contribution < -0.4 is 4.90 Å². The van der Waals surface area contributed by atoms with Crippen LogP contribution in [-0.2, 0) is 0 Å². The first kappa shape index (κ1) is 19.6. The largest absolute Gasteiger partial charge is 0.356 e. The average Bonchev–Trinajstić information content (AvgIpc) is 2.64. The molecule has 0 aliphatic carbocycles. The van der Waals surface area contributed by atoms with Crippen molar-refractivity contribution in [2.24, 2.45) is 5.92 Å². The van der Waals surface area contributed by atoms with E-state index in [1.807, 2.05) is 13.1 Å². The van der Waals surface area contributed by atoms with Crippen LogP contribution in [-0.4, -0.2) is 48.3 Å². The van der Waals surface area contributed by atoms with Gasteiger partial charge in [0, 0.05) is 38.9 Å². The summed E-state index contributed by atoms with van der Waals surface area (Å²) in [6.45, 7) is 13.8. The van der Waals surface area contributed by atoms with Crippen molar-refractivity contribution in [3.8, 4) is 0 Å². The standard InChI is InChI=1S/C22H36FN3/c1-5-22(23)8-12-25(13-9-22)16-19-6-10-26(11-7-19)21-20(17(2)3)14-18(4)15-24-21/h14-15,17,19H,5-13,16H2,1-4H3. The molecule has 0 spiro atoms. The number of halogens is 1. The van der Waals surface area contributed by atoms with Crippen LogP contribution in [0.15, 0.2) is 12.3 Å². The van der Waals surface area contributed by atoms with Crippen molar-refractivity contribution >= 4 is 5.82 Å². The number of hydrogen-bond donors (Lipinski definition) is 0. The number of aryl methyl sites for hydroxylation is 1. The second kappa shape index (κ2) is 8.24. The number of alkyl halides is 1. The van der Waals surface area contributed by atoms with Crippen LogP contribution in [0.3, 0.4) is 0 Å². The van der Waals surface area contributed by atoms with Crippen molar-refractivity contribution in [3.05, 3.63) is 23.4 Å². The molecule has 0 saturated carbocycles. The zero-order valence-electron chi connectivity index (χ0n) is 17.1. The molecule has 0 amide bonds. The molecule has 2 fully saturated rings. The van der Waals surface area contributed by atoms with Gasteiger partial charge in [0.2, 0.25) is 0 Å². The molecule has 3 nitrogen and oxygen atoms in total. The van der Waals surface area contributed by atoms with Gasteiger partial charge in [0.1, 0.15) is 11.5 Å². The molecule has 0 bridgehead atoms. The van der Waals surface area contributed by atoms with Gasteiger partial charge < -0.3 is 9.80 Å². The number of anilines is 1. The molecule has 0 radical (unpaired) electrons. The number of nitrogens with zero attached hydrogens (tertiary/aromatic N) is 3. The smallest absolute Gasteiger partial charge is 0.131 e. The van der Waals surface area contributed by atoms with E-state index in [-0.39, 0.29) is 0 Å². The van der Waals surface area contributed by atoms with Gasteiger partial charge in [0.25, 0.3) is 0 Å². The van der Waals surface area contributed by atoms with E-state index in [1.165, 1.54) is 29.8 Å². The van der Waals surface area contributed by atoms with Crippen LogP contribution >= 0.6 is 0 Å². The molecule has 1 aromatic rings. The van der Waals surface area contributed by atoms with Gasteiger partial charge in [-0.3, -0.25) is 0 Å². The van der Waals surface area contributed by atoms with E-state index in [4.69, 9.17) is 4.98 Å². The molecular weight excluding hydrogens is 325 g/mol. The van der Waals surface area contributed by atoms with E-state index in [9.17, 15) is 4.39 Å². The lowest BCUT2D eigenvalue weighted by Crippen LogP contribution is -2.45. The first-order valence-electron chi connectivity index (χ1n) is 10.5. The van der Waals surface area contributed by atoms with E-state index in [0.29, 0.717) is 25.2 Å². The normalized spacial score (nSPS) is 22.2. The Hall–Kier alpha value is -1.16. The molecule has 4 heteroatoms. The van der Waals surface area contributed by atoms with Gasteiger partial charge in [-0.05, 0) is 62.0 Å². The summed E-state index contributed by atoms with van der Waals surface area (Å²) in [7, 11) is 0. The molecule has 1 aromatic heterocycles. The molecular formula is C22H36FN3. The minimum Gasteiger partial charge on any atom is -0.356 e. The van der Waals surface area contributed by atoms with Crippen molar-refractivity contribution in [3.63, 3.8) is 0 Å². The highest BCUT2D eigenvalue weighted by Crippen LogP contribution is 2.32. The summed E-state index contributed by atoms with van der Waals surface area (Å²) >= 11 is 0. The predicted molar refractivity (Wildman–Crippen MR) is 108 cm³/mol. The predicted octanol–water partition coefficient (Wildman–Crippen LogP) is 4.94. The third kappa shape index (κ3) is 4.57. The fraction of sp³-hybridized carbons (Fsp3) is 0.773. The molecule has 0 unspecified atom stereocenters. The minimum atomic E-state index is -0.899. The summed E-state index contributed by atoms with van der Waals surface area (Å²) in [5.41, 5.74) is 1.72. The zero-order chi connectivity index (χ0) is 18.7. The van der Waals surface area contributed by atoms with Gasteiger partial charge in [0.15, 0.2) is 0 Å². The molecule has 2 saturated heterocycles. The Morgan fingerprint density at radius 3 is 2.42 bits per heavy atom. The minimum absolute atomic E-state index is 0.503. The van der Waals surface area contributed by atoms with Gasteiger partial charge in [-0.25, -0.2) is 9.37 Å². The number of rotatable bonds is 5. The molecule has 0 N–H and O–H groups in total. The van der Waals surface area contributed by atoms with E-state index in [0.717, 1.165) is 38.6 Å². The first-order chi connectivity index (χ1) is 12.4. The van der Waals surface area contributed by atoms with Crippen LogP contribution in [0.1, 0.15) is 69.9 Å². The quantitative estimate of drug-likeness (QED) is 0.740. The zero-order valence-corrected chi connectivity index (χ0v) is 17.1. The second-order valence-corrected chi connectivity index (χ2v) is 8.82. The first-order valence-corrected chi connectivity index (χ1v) is 10.5. The van der Waals surface area contributed by atoms with Crippen molar-refractivity contribution in [2.45, 2.75) is 71.4 Å². The third-order valence-corrected chi connectivity index (χ3v) is 6.47. The van der Waals surface area contributed by atoms with Crippen LogP contribution in [0, 0.1) is 12.8 Å². The number of hydrogen-bond acceptors (Lipinski definition) is 3. The summed E-state index contributed by atoms with van der Waals surface area (Å²) in [5.74, 6) is 2.43. The van der Waals surface area contributed by atoms with Gasteiger partial charge >= 0.3 is 0 Å². The number of aromatic nitrogens is 1. The van der Waals surface area contributed by atoms with Crippen LogP contribution in [0.2, 0.25) is 0 Å². The molecule has 3 rings (SSSR count). The van der Waals surface area contributed by atoms with Gasteiger partial charge in [-0.1, -0.05) is 26.8 Å². The van der Waals surface area contributed by atoms with Crippen molar-refractivity contribution in [1.82, 2.24) is 9.88 Å². The van der Waals surface area contributed by atoms with Crippen molar-refractivity contribution in [1.29, 1.82) is 0 Å². The van der Waals surface area contributed by atoms with Crippen molar-refractivity contribution in [2.75, 3.05) is 37.6 Å². The summed E-state index contributed by atoms with van der Waals surface area (Å²) < 4.78 is 14.4. The fourth-order valence-corrected chi connectivity index (χ4v) is 4.46. The highest BCUT2D eigenvalue weighted by Gasteiger charge is 2.33. The Balaban J connectivity index is 1.52. The van der Waals surface area contributed by atoms with E-state index >= 15 is 0 Å². The van der Waals surface area contributed by atoms with Crippen LogP contribution in [0.25, 0.3) is 0 Å². The number of likely N-dealkylation sites (tertiary alicyclic amines) is 1. The Labute approximate surface area is 159 Å². The Bertz CT molecular complexity index is 585. The fourth-order valence-electron chi connectivity index (χ4n) is 4.46. The SMILES string of the molecule is CCC1(F)CCN(CC2CCN(c3ncc(C)cc3C(C)C)CC2)CC1. The van der Waals surface area contributed by atoms with Crippen LogP contribution in [0.5, 0.6) is 0 Å². The Morgan fingerprint density at radius 2 is 1.85 bits per heavy atom. The molecule has 146 valence electrons. The monoisotopic (exact) mass is 361 g/mol. The highest BCUT2D eigenvalue weighted by atomic mass is 19.1. The molecule has 26 heavy (non-hydrogen) atoms. The maximum atomic E-state index is 14.4. The Kier molecular flexibility index (Phi) is 6.21. The second-order valence-electron chi connectivity index (χ2n) is 8.82. The average molecular weight is 362 g/mol. The number of pyridine rings is 1. The lowest BCUT2D eigenvalue weighted by Gasteiger charge is -2.40. The lowest BCUT2D eigenvalue weighted by atomic mass is 9.89. The maximum absolute atomic E-state index is 14.4. The van der Waals surface area contributed by atoms with Gasteiger partial charge in [-0.15, -0.1) is 0 Å². The van der Waals surface area contributed by atoms with E-state index in [2.05, 4.69) is 36.6 Å². The molecule has 0 aromatic carbocycles. The van der Waals surface area contributed by atoms with E-state index < -0.39 is 5.67 Å². The summed E-state index contributed by atoms with van der Waals surface area (Å²) in [5, 5.41) is 0. The van der Waals surface area contributed by atoms with E-state index in [1.54, 1.807) is 0 Å². The molecule has 0 atom stereocenters. The summed E-state index contributed by atoms with van der Waals surface area (Å²) in [6, 6.07) is 2.30. The Morgan fingerprint density at radius 1 is 1.19 bits per heavy atom. The van der Waals surface area contributed by atoms with Crippen LogP contribution in [0.4, 0.5) is 10.2 Å². The topological polar surface area (TPSA) is 19.4 Å². The molecule has 3 heterocycles. The molecule has 2 aliphatic heterocycles. The number of piperidine rings is 2. The summed E-state index contributed by atoms with van der Waals surface area (Å²) in [4.78, 5) is 9.74.